The lowest BCUT2D eigenvalue weighted by Gasteiger charge is -2.26. The van der Waals surface area contributed by atoms with Gasteiger partial charge in [0.15, 0.2) is 5.78 Å². The molecular weight excluding hydrogens is 319 g/mol. The van der Waals surface area contributed by atoms with Gasteiger partial charge >= 0.3 is 7.60 Å². The molecule has 0 saturated carbocycles. The number of nitrogens with one attached hydrogen (secondary N) is 1. The summed E-state index contributed by atoms with van der Waals surface area (Å²) in [6, 6.07) is 15.0. The second-order valence-electron chi connectivity index (χ2n) is 4.67. The summed E-state index contributed by atoms with van der Waals surface area (Å²) < 4.78 is 23.0. The molecule has 0 aliphatic carbocycles. The predicted octanol–water partition coefficient (Wildman–Crippen LogP) is 4.19. The van der Waals surface area contributed by atoms with Crippen molar-refractivity contribution >= 4 is 19.0 Å². The largest absolute Gasteiger partial charge is 0.368 e. The van der Waals surface area contributed by atoms with Gasteiger partial charge in [0.25, 0.3) is 5.69 Å². The van der Waals surface area contributed by atoms with Gasteiger partial charge in [0.2, 0.25) is 0 Å². The van der Waals surface area contributed by atoms with E-state index in [-0.39, 0.29) is 5.69 Å². The lowest BCUT2D eigenvalue weighted by Crippen LogP contribution is -2.13. The first-order chi connectivity index (χ1) is 11.0. The summed E-state index contributed by atoms with van der Waals surface area (Å²) in [6.45, 7) is 0. The Balaban J connectivity index is 2.47. The number of para-hydroxylation sites is 1. The highest BCUT2D eigenvalue weighted by atomic mass is 31.2. The molecule has 0 amide bonds. The molecule has 0 radical (unpaired) electrons. The topological polar surface area (TPSA) is 90.7 Å². The van der Waals surface area contributed by atoms with Gasteiger partial charge in [0, 0.05) is 32.0 Å². The third-order valence-electron chi connectivity index (χ3n) is 3.30. The van der Waals surface area contributed by atoms with Crippen LogP contribution in [0.5, 0.6) is 0 Å². The van der Waals surface area contributed by atoms with Gasteiger partial charge in [0.05, 0.1) is 4.92 Å². The highest BCUT2D eigenvalue weighted by Gasteiger charge is 2.36. The smallest absolute Gasteiger partial charge is 0.356 e. The van der Waals surface area contributed by atoms with E-state index in [9.17, 15) is 14.7 Å². The SMILES string of the molecule is COP(=O)(OC)C(Nc1ccccc1)c1cccc([N+](=O)[O-])c1. The molecule has 7 nitrogen and oxygen atoms in total. The summed E-state index contributed by atoms with van der Waals surface area (Å²) in [4.78, 5) is 10.5. The minimum absolute atomic E-state index is 0.0962. The number of rotatable bonds is 7. The molecule has 1 N–H and O–H groups in total. The second-order valence-corrected chi connectivity index (χ2v) is 7.00. The zero-order valence-electron chi connectivity index (χ0n) is 12.7. The molecule has 2 rings (SSSR count). The molecule has 122 valence electrons. The molecule has 0 heterocycles. The van der Waals surface area contributed by atoms with E-state index in [1.165, 1.54) is 32.4 Å². The van der Waals surface area contributed by atoms with Crippen molar-refractivity contribution in [3.05, 3.63) is 70.3 Å². The quantitative estimate of drug-likeness (QED) is 0.463. The molecule has 1 atom stereocenters. The van der Waals surface area contributed by atoms with Gasteiger partial charge in [-0.3, -0.25) is 14.7 Å². The first-order valence-corrected chi connectivity index (χ1v) is 8.38. The molecule has 1 unspecified atom stereocenters. The lowest BCUT2D eigenvalue weighted by atomic mass is 10.2. The standard InChI is InChI=1S/C15H17N2O5P/c1-21-23(20,22-2)15(16-13-8-4-3-5-9-13)12-7-6-10-14(11-12)17(18)19/h3-11,15-16H,1-2H3. The first kappa shape index (κ1) is 17.1. The summed E-state index contributed by atoms with van der Waals surface area (Å²) in [6.07, 6.45) is 0. The molecule has 0 bridgehead atoms. The zero-order chi connectivity index (χ0) is 16.9. The Labute approximate surface area is 133 Å². The molecule has 0 spiro atoms. The van der Waals surface area contributed by atoms with Crippen molar-refractivity contribution in [2.45, 2.75) is 5.78 Å². The summed E-state index contributed by atoms with van der Waals surface area (Å²) in [5, 5.41) is 14.0. The number of non-ortho nitro benzene ring substituents is 1. The Morgan fingerprint density at radius 2 is 1.74 bits per heavy atom. The van der Waals surface area contributed by atoms with Crippen LogP contribution in [0.1, 0.15) is 11.3 Å². The van der Waals surface area contributed by atoms with Gasteiger partial charge < -0.3 is 14.4 Å². The van der Waals surface area contributed by atoms with Crippen LogP contribution in [0.25, 0.3) is 0 Å². The summed E-state index contributed by atoms with van der Waals surface area (Å²) >= 11 is 0. The van der Waals surface area contributed by atoms with E-state index in [4.69, 9.17) is 9.05 Å². The van der Waals surface area contributed by atoms with Crippen molar-refractivity contribution in [3.8, 4) is 0 Å². The summed E-state index contributed by atoms with van der Waals surface area (Å²) in [5.74, 6) is -0.875. The summed E-state index contributed by atoms with van der Waals surface area (Å²) in [7, 11) is -1.00. The van der Waals surface area contributed by atoms with E-state index in [2.05, 4.69) is 5.32 Å². The molecule has 0 aliphatic heterocycles. The van der Waals surface area contributed by atoms with Crippen LogP contribution in [0.2, 0.25) is 0 Å². The van der Waals surface area contributed by atoms with Crippen molar-refractivity contribution in [1.29, 1.82) is 0 Å². The first-order valence-electron chi connectivity index (χ1n) is 6.77. The van der Waals surface area contributed by atoms with Gasteiger partial charge in [-0.1, -0.05) is 30.3 Å². The highest BCUT2D eigenvalue weighted by molar-refractivity contribution is 7.54. The lowest BCUT2D eigenvalue weighted by molar-refractivity contribution is -0.384. The fraction of sp³-hybridized carbons (Fsp3) is 0.200. The van der Waals surface area contributed by atoms with Crippen LogP contribution in [-0.4, -0.2) is 19.1 Å². The fourth-order valence-corrected chi connectivity index (χ4v) is 3.53. The molecule has 2 aromatic carbocycles. The maximum Gasteiger partial charge on any atom is 0.356 e. The number of nitro benzene ring substituents is 1. The van der Waals surface area contributed by atoms with Crippen molar-refractivity contribution < 1.29 is 18.5 Å². The number of benzene rings is 2. The van der Waals surface area contributed by atoms with Crippen molar-refractivity contribution in [2.24, 2.45) is 0 Å². The van der Waals surface area contributed by atoms with Gasteiger partial charge in [-0.15, -0.1) is 0 Å². The van der Waals surface area contributed by atoms with Gasteiger partial charge in [0.1, 0.15) is 0 Å². The Morgan fingerprint density at radius 1 is 1.09 bits per heavy atom. The minimum Gasteiger partial charge on any atom is -0.368 e. The fourth-order valence-electron chi connectivity index (χ4n) is 2.13. The number of nitro groups is 1. The van der Waals surface area contributed by atoms with Crippen LogP contribution < -0.4 is 5.32 Å². The van der Waals surface area contributed by atoms with Crippen LogP contribution in [0, 0.1) is 10.1 Å². The average Bonchev–Trinajstić information content (AvgIpc) is 2.60. The Hall–Kier alpha value is -2.21. The molecular formula is C15H17N2O5P. The van der Waals surface area contributed by atoms with E-state index in [1.807, 2.05) is 18.2 Å². The van der Waals surface area contributed by atoms with E-state index < -0.39 is 18.3 Å². The molecule has 23 heavy (non-hydrogen) atoms. The predicted molar refractivity (Wildman–Crippen MR) is 87.5 cm³/mol. The monoisotopic (exact) mass is 336 g/mol. The van der Waals surface area contributed by atoms with Crippen LogP contribution >= 0.6 is 7.60 Å². The van der Waals surface area contributed by atoms with E-state index in [0.29, 0.717) is 11.3 Å². The van der Waals surface area contributed by atoms with Crippen LogP contribution in [0.4, 0.5) is 11.4 Å². The van der Waals surface area contributed by atoms with Crippen molar-refractivity contribution in [1.82, 2.24) is 0 Å². The van der Waals surface area contributed by atoms with Crippen molar-refractivity contribution in [3.63, 3.8) is 0 Å². The molecule has 0 aromatic heterocycles. The normalized spacial score (nSPS) is 12.6. The van der Waals surface area contributed by atoms with E-state index in [0.717, 1.165) is 0 Å². The number of hydrogen-bond donors (Lipinski definition) is 1. The van der Waals surface area contributed by atoms with Crippen LogP contribution in [0.15, 0.2) is 54.6 Å². The second kappa shape index (κ2) is 7.37. The maximum absolute atomic E-state index is 12.9. The van der Waals surface area contributed by atoms with E-state index in [1.54, 1.807) is 18.2 Å². The van der Waals surface area contributed by atoms with Crippen LogP contribution in [0.3, 0.4) is 0 Å². The zero-order valence-corrected chi connectivity index (χ0v) is 13.6. The molecule has 2 aromatic rings. The van der Waals surface area contributed by atoms with Gasteiger partial charge in [-0.2, -0.15) is 0 Å². The van der Waals surface area contributed by atoms with Gasteiger partial charge in [-0.25, -0.2) is 0 Å². The van der Waals surface area contributed by atoms with Crippen LogP contribution in [-0.2, 0) is 13.6 Å². The summed E-state index contributed by atoms with van der Waals surface area (Å²) in [5.41, 5.74) is 1.04. The number of hydrogen-bond acceptors (Lipinski definition) is 6. The van der Waals surface area contributed by atoms with Crippen molar-refractivity contribution in [2.75, 3.05) is 19.5 Å². The highest BCUT2D eigenvalue weighted by Crippen LogP contribution is 2.59. The third-order valence-corrected chi connectivity index (χ3v) is 5.38. The average molecular weight is 336 g/mol. The number of nitrogens with zero attached hydrogens (tertiary/aromatic N) is 1. The third kappa shape index (κ3) is 3.96. The minimum atomic E-state index is -3.56. The van der Waals surface area contributed by atoms with Gasteiger partial charge in [-0.05, 0) is 17.7 Å². The molecule has 0 aliphatic rings. The molecule has 8 heteroatoms. The Bertz CT molecular complexity index is 715. The maximum atomic E-state index is 12.9. The Kier molecular flexibility index (Phi) is 5.50. The Morgan fingerprint density at radius 3 is 2.30 bits per heavy atom. The number of anilines is 1. The molecule has 0 saturated heterocycles. The van der Waals surface area contributed by atoms with E-state index >= 15 is 0 Å². The molecule has 0 fully saturated rings.